The minimum absolute atomic E-state index is 0.0670. The molecule has 0 aliphatic rings. The van der Waals surface area contributed by atoms with Crippen LogP contribution in [0, 0.1) is 19.7 Å². The topological polar surface area (TPSA) is 25.2 Å². The number of amides is 1. The predicted octanol–water partition coefficient (Wildman–Crippen LogP) is 4.51. The number of aryl methyl sites for hydroxylation is 1. The summed E-state index contributed by atoms with van der Waals surface area (Å²) >= 11 is 0. The first-order valence-corrected chi connectivity index (χ1v) is 7.77. The SMILES string of the molecule is Cc1cc(C(=O)N(C)c2ccccc2)c(C)n1-c1ccc(F)cc1. The van der Waals surface area contributed by atoms with Crippen LogP contribution >= 0.6 is 0 Å². The van der Waals surface area contributed by atoms with Crippen LogP contribution in [-0.4, -0.2) is 17.5 Å². The molecule has 4 heteroatoms. The molecular formula is C20H19FN2O. The van der Waals surface area contributed by atoms with E-state index < -0.39 is 0 Å². The van der Waals surface area contributed by atoms with E-state index in [9.17, 15) is 9.18 Å². The first-order valence-electron chi connectivity index (χ1n) is 7.77. The minimum Gasteiger partial charge on any atom is -0.318 e. The Balaban J connectivity index is 1.99. The highest BCUT2D eigenvalue weighted by molar-refractivity contribution is 6.06. The normalized spacial score (nSPS) is 10.7. The molecule has 0 bridgehead atoms. The van der Waals surface area contributed by atoms with Crippen molar-refractivity contribution in [3.63, 3.8) is 0 Å². The summed E-state index contributed by atoms with van der Waals surface area (Å²) in [6, 6.07) is 17.7. The number of hydrogen-bond acceptors (Lipinski definition) is 1. The van der Waals surface area contributed by atoms with Gasteiger partial charge in [-0.2, -0.15) is 0 Å². The lowest BCUT2D eigenvalue weighted by Crippen LogP contribution is -2.26. The van der Waals surface area contributed by atoms with E-state index in [1.165, 1.54) is 12.1 Å². The predicted molar refractivity (Wildman–Crippen MR) is 94.4 cm³/mol. The molecule has 0 saturated heterocycles. The van der Waals surface area contributed by atoms with E-state index in [0.717, 1.165) is 22.8 Å². The number of halogens is 1. The van der Waals surface area contributed by atoms with Gasteiger partial charge in [-0.05, 0) is 56.3 Å². The molecule has 1 heterocycles. The maximum Gasteiger partial charge on any atom is 0.259 e. The van der Waals surface area contributed by atoms with Crippen LogP contribution in [0.25, 0.3) is 5.69 Å². The van der Waals surface area contributed by atoms with Gasteiger partial charge in [0.25, 0.3) is 5.91 Å². The van der Waals surface area contributed by atoms with E-state index in [1.807, 2.05) is 54.8 Å². The van der Waals surface area contributed by atoms with Crippen LogP contribution in [0.2, 0.25) is 0 Å². The van der Waals surface area contributed by atoms with Crippen molar-refractivity contribution in [3.05, 3.63) is 83.4 Å². The molecule has 0 atom stereocenters. The van der Waals surface area contributed by atoms with Crippen molar-refractivity contribution in [3.8, 4) is 5.69 Å². The summed E-state index contributed by atoms with van der Waals surface area (Å²) in [5.41, 5.74) is 4.10. The summed E-state index contributed by atoms with van der Waals surface area (Å²) in [4.78, 5) is 14.5. The van der Waals surface area contributed by atoms with Crippen LogP contribution < -0.4 is 4.90 Å². The smallest absolute Gasteiger partial charge is 0.259 e. The number of rotatable bonds is 3. The Morgan fingerprint density at radius 3 is 2.25 bits per heavy atom. The average Bonchev–Trinajstić information content (AvgIpc) is 2.90. The van der Waals surface area contributed by atoms with Gasteiger partial charge in [-0.3, -0.25) is 4.79 Å². The van der Waals surface area contributed by atoms with Crippen molar-refractivity contribution in [1.82, 2.24) is 4.57 Å². The molecule has 0 aliphatic heterocycles. The van der Waals surface area contributed by atoms with Crippen molar-refractivity contribution in [2.24, 2.45) is 0 Å². The Morgan fingerprint density at radius 1 is 1.00 bits per heavy atom. The van der Waals surface area contributed by atoms with E-state index >= 15 is 0 Å². The highest BCUT2D eigenvalue weighted by Gasteiger charge is 2.20. The third kappa shape index (κ3) is 2.83. The molecule has 0 saturated carbocycles. The molecule has 122 valence electrons. The minimum atomic E-state index is -0.277. The lowest BCUT2D eigenvalue weighted by molar-refractivity contribution is 0.0992. The Bertz CT molecular complexity index is 867. The number of carbonyl (C=O) groups excluding carboxylic acids is 1. The molecule has 24 heavy (non-hydrogen) atoms. The molecule has 3 aromatic rings. The summed E-state index contributed by atoms with van der Waals surface area (Å²) in [6.45, 7) is 3.85. The van der Waals surface area contributed by atoms with Crippen LogP contribution in [0.3, 0.4) is 0 Å². The summed E-state index contributed by atoms with van der Waals surface area (Å²) in [5, 5.41) is 0. The Morgan fingerprint density at radius 2 is 1.62 bits per heavy atom. The van der Waals surface area contributed by atoms with Crippen molar-refractivity contribution in [1.29, 1.82) is 0 Å². The van der Waals surface area contributed by atoms with Gasteiger partial charge in [0.15, 0.2) is 0 Å². The number of benzene rings is 2. The van der Waals surface area contributed by atoms with Crippen molar-refractivity contribution >= 4 is 11.6 Å². The zero-order valence-electron chi connectivity index (χ0n) is 14.0. The van der Waals surface area contributed by atoms with E-state index in [2.05, 4.69) is 0 Å². The van der Waals surface area contributed by atoms with E-state index in [1.54, 1.807) is 24.1 Å². The van der Waals surface area contributed by atoms with Crippen LogP contribution in [-0.2, 0) is 0 Å². The quantitative estimate of drug-likeness (QED) is 0.696. The maximum atomic E-state index is 13.2. The van der Waals surface area contributed by atoms with Crippen LogP contribution in [0.5, 0.6) is 0 Å². The number of carbonyl (C=O) groups is 1. The molecule has 3 nitrogen and oxygen atoms in total. The molecule has 0 unspecified atom stereocenters. The van der Waals surface area contributed by atoms with Gasteiger partial charge in [0, 0.05) is 29.8 Å². The van der Waals surface area contributed by atoms with Gasteiger partial charge in [0.2, 0.25) is 0 Å². The molecule has 0 N–H and O–H groups in total. The number of hydrogen-bond donors (Lipinski definition) is 0. The van der Waals surface area contributed by atoms with E-state index in [0.29, 0.717) is 5.56 Å². The average molecular weight is 322 g/mol. The fraction of sp³-hybridized carbons (Fsp3) is 0.150. The van der Waals surface area contributed by atoms with Crippen LogP contribution in [0.4, 0.5) is 10.1 Å². The van der Waals surface area contributed by atoms with Crippen LogP contribution in [0.15, 0.2) is 60.7 Å². The highest BCUT2D eigenvalue weighted by Crippen LogP contribution is 2.23. The first-order chi connectivity index (χ1) is 11.5. The molecular weight excluding hydrogens is 303 g/mol. The third-order valence-corrected chi connectivity index (χ3v) is 4.19. The van der Waals surface area contributed by atoms with Gasteiger partial charge >= 0.3 is 0 Å². The third-order valence-electron chi connectivity index (χ3n) is 4.19. The Hall–Kier alpha value is -2.88. The van der Waals surface area contributed by atoms with Gasteiger partial charge in [-0.25, -0.2) is 4.39 Å². The van der Waals surface area contributed by atoms with E-state index in [4.69, 9.17) is 0 Å². The summed E-state index contributed by atoms with van der Waals surface area (Å²) in [6.07, 6.45) is 0. The second kappa shape index (κ2) is 6.32. The Kier molecular flexibility index (Phi) is 4.21. The molecule has 1 amide bonds. The van der Waals surface area contributed by atoms with Crippen molar-refractivity contribution in [2.45, 2.75) is 13.8 Å². The second-order valence-corrected chi connectivity index (χ2v) is 5.80. The standard InChI is InChI=1S/C20H19FN2O/c1-14-13-19(20(24)22(3)17-7-5-4-6-8-17)15(2)23(14)18-11-9-16(21)10-12-18/h4-13H,1-3H3. The number of para-hydroxylation sites is 1. The van der Waals surface area contributed by atoms with E-state index in [-0.39, 0.29) is 11.7 Å². The first kappa shape index (κ1) is 16.0. The molecule has 1 aromatic heterocycles. The fourth-order valence-corrected chi connectivity index (χ4v) is 2.92. The largest absolute Gasteiger partial charge is 0.318 e. The maximum absolute atomic E-state index is 13.2. The van der Waals surface area contributed by atoms with Gasteiger partial charge in [0.1, 0.15) is 5.82 Å². The van der Waals surface area contributed by atoms with Gasteiger partial charge in [0.05, 0.1) is 5.56 Å². The second-order valence-electron chi connectivity index (χ2n) is 5.80. The molecule has 3 rings (SSSR count). The summed E-state index contributed by atoms with van der Waals surface area (Å²) in [5.74, 6) is -0.344. The van der Waals surface area contributed by atoms with Gasteiger partial charge in [-0.1, -0.05) is 18.2 Å². The summed E-state index contributed by atoms with van der Waals surface area (Å²) < 4.78 is 15.1. The molecule has 2 aromatic carbocycles. The highest BCUT2D eigenvalue weighted by atomic mass is 19.1. The van der Waals surface area contributed by atoms with Crippen LogP contribution in [0.1, 0.15) is 21.7 Å². The molecule has 0 fully saturated rings. The lowest BCUT2D eigenvalue weighted by atomic mass is 10.2. The molecule has 0 spiro atoms. The van der Waals surface area contributed by atoms with Gasteiger partial charge < -0.3 is 9.47 Å². The lowest BCUT2D eigenvalue weighted by Gasteiger charge is -2.17. The monoisotopic (exact) mass is 322 g/mol. The zero-order chi connectivity index (χ0) is 17.3. The number of aromatic nitrogens is 1. The Labute approximate surface area is 141 Å². The van der Waals surface area contributed by atoms with Crippen molar-refractivity contribution < 1.29 is 9.18 Å². The summed E-state index contributed by atoms with van der Waals surface area (Å²) in [7, 11) is 1.77. The molecule has 0 aliphatic carbocycles. The fourth-order valence-electron chi connectivity index (χ4n) is 2.92. The van der Waals surface area contributed by atoms with Crippen molar-refractivity contribution in [2.75, 3.05) is 11.9 Å². The number of nitrogens with zero attached hydrogens (tertiary/aromatic N) is 2. The zero-order valence-corrected chi connectivity index (χ0v) is 14.0. The van der Waals surface area contributed by atoms with Gasteiger partial charge in [-0.15, -0.1) is 0 Å². The number of anilines is 1. The molecule has 0 radical (unpaired) electrons.